The van der Waals surface area contributed by atoms with Crippen LogP contribution in [-0.2, 0) is 9.59 Å². The Hall–Kier alpha value is -2.04. The lowest BCUT2D eigenvalue weighted by molar-refractivity contribution is -0.124. The number of hydrogen-bond acceptors (Lipinski definition) is 3. The van der Waals surface area contributed by atoms with Crippen molar-refractivity contribution in [3.8, 4) is 5.75 Å². The monoisotopic (exact) mass is 204 g/mol. The minimum atomic E-state index is -0.865. The molecule has 5 nitrogen and oxygen atoms in total. The summed E-state index contributed by atoms with van der Waals surface area (Å²) >= 11 is 0. The van der Waals surface area contributed by atoms with Gasteiger partial charge in [-0.05, 0) is 17.7 Å². The highest BCUT2D eigenvalue weighted by Gasteiger charge is 2.33. The van der Waals surface area contributed by atoms with Crippen molar-refractivity contribution >= 4 is 11.8 Å². The maximum Gasteiger partial charge on any atom is 0.281 e. The van der Waals surface area contributed by atoms with Gasteiger partial charge in [0.05, 0.1) is 7.11 Å². The minimum Gasteiger partial charge on any atom is -0.497 e. The number of ether oxygens (including phenoxy) is 1. The lowest BCUT2D eigenvalue weighted by Gasteiger charge is -2.05. The normalized spacial score (nSPS) is 16.1. The molecule has 0 bridgehead atoms. The zero-order valence-electron chi connectivity index (χ0n) is 8.01. The van der Waals surface area contributed by atoms with Crippen molar-refractivity contribution in [1.29, 1.82) is 0 Å². The van der Waals surface area contributed by atoms with Crippen LogP contribution < -0.4 is 4.74 Å². The lowest BCUT2D eigenvalue weighted by atomic mass is 9.99. The number of amides is 2. The molecule has 0 fully saturated rings. The molecule has 0 saturated carbocycles. The fraction of sp³-hybridized carbons (Fsp3) is 0.200. The molecule has 1 heterocycles. The van der Waals surface area contributed by atoms with Gasteiger partial charge in [0, 0.05) is 0 Å². The molecule has 5 heteroatoms. The van der Waals surface area contributed by atoms with Crippen LogP contribution >= 0.6 is 0 Å². The SMILES string of the molecule is COc1ccc(C2C(=O)N=NC2=O)cc1. The number of carbonyl (C=O) groups excluding carboxylic acids is 2. The molecule has 2 rings (SSSR count). The quantitative estimate of drug-likeness (QED) is 0.682. The van der Waals surface area contributed by atoms with Crippen LogP contribution in [-0.4, -0.2) is 18.9 Å². The standard InChI is InChI=1S/C10H8N2O3/c1-15-7-4-2-6(3-5-7)8-9(13)11-12-10(8)14/h2-5,8H,1H3. The third kappa shape index (κ3) is 1.63. The molecular weight excluding hydrogens is 196 g/mol. The number of methoxy groups -OCH3 is 1. The summed E-state index contributed by atoms with van der Waals surface area (Å²) in [5.41, 5.74) is 0.593. The molecule has 2 amide bonds. The molecule has 0 atom stereocenters. The Morgan fingerprint density at radius 2 is 1.60 bits per heavy atom. The first kappa shape index (κ1) is 9.51. The van der Waals surface area contributed by atoms with E-state index in [1.807, 2.05) is 0 Å². The van der Waals surface area contributed by atoms with E-state index in [9.17, 15) is 9.59 Å². The van der Waals surface area contributed by atoms with Crippen molar-refractivity contribution < 1.29 is 14.3 Å². The van der Waals surface area contributed by atoms with Gasteiger partial charge in [-0.2, -0.15) is 0 Å². The molecule has 15 heavy (non-hydrogen) atoms. The largest absolute Gasteiger partial charge is 0.497 e. The maximum atomic E-state index is 11.2. The molecule has 1 aromatic carbocycles. The van der Waals surface area contributed by atoms with Crippen LogP contribution in [0.15, 0.2) is 34.5 Å². The third-order valence-electron chi connectivity index (χ3n) is 2.19. The second kappa shape index (κ2) is 3.61. The van der Waals surface area contributed by atoms with E-state index in [-0.39, 0.29) is 0 Å². The number of carbonyl (C=O) groups is 2. The lowest BCUT2D eigenvalue weighted by Crippen LogP contribution is -2.12. The van der Waals surface area contributed by atoms with Gasteiger partial charge in [-0.3, -0.25) is 9.59 Å². The zero-order chi connectivity index (χ0) is 10.8. The van der Waals surface area contributed by atoms with Gasteiger partial charge in [-0.1, -0.05) is 12.1 Å². The molecule has 1 aliphatic rings. The summed E-state index contributed by atoms with van der Waals surface area (Å²) < 4.78 is 4.97. The van der Waals surface area contributed by atoms with Crippen molar-refractivity contribution in [3.63, 3.8) is 0 Å². The molecule has 0 spiro atoms. The molecule has 0 aliphatic carbocycles. The molecule has 1 aliphatic heterocycles. The van der Waals surface area contributed by atoms with Gasteiger partial charge in [0.15, 0.2) is 0 Å². The van der Waals surface area contributed by atoms with E-state index in [4.69, 9.17) is 4.74 Å². The fourth-order valence-corrected chi connectivity index (χ4v) is 1.40. The number of hydrogen-bond donors (Lipinski definition) is 0. The smallest absolute Gasteiger partial charge is 0.281 e. The molecule has 0 unspecified atom stereocenters. The van der Waals surface area contributed by atoms with Gasteiger partial charge in [0.2, 0.25) is 0 Å². The predicted octanol–water partition coefficient (Wildman–Crippen LogP) is 1.30. The summed E-state index contributed by atoms with van der Waals surface area (Å²) in [6.07, 6.45) is 0. The topological polar surface area (TPSA) is 68.1 Å². The average Bonchev–Trinajstić information content (AvgIpc) is 2.59. The summed E-state index contributed by atoms with van der Waals surface area (Å²) in [5, 5.41) is 6.45. The highest BCUT2D eigenvalue weighted by molar-refractivity contribution is 6.09. The van der Waals surface area contributed by atoms with Gasteiger partial charge in [-0.25, -0.2) is 0 Å². The van der Waals surface area contributed by atoms with Crippen molar-refractivity contribution in [2.45, 2.75) is 5.92 Å². The van der Waals surface area contributed by atoms with Crippen LogP contribution in [0.2, 0.25) is 0 Å². The van der Waals surface area contributed by atoms with Gasteiger partial charge < -0.3 is 4.74 Å². The van der Waals surface area contributed by atoms with Crippen LogP contribution in [0, 0.1) is 0 Å². The van der Waals surface area contributed by atoms with Crippen LogP contribution in [0.5, 0.6) is 5.75 Å². The molecule has 1 aromatic rings. The van der Waals surface area contributed by atoms with Crippen molar-refractivity contribution in [2.24, 2.45) is 10.2 Å². The molecule has 0 N–H and O–H groups in total. The predicted molar refractivity (Wildman–Crippen MR) is 50.6 cm³/mol. The van der Waals surface area contributed by atoms with E-state index in [0.717, 1.165) is 0 Å². The Balaban J connectivity index is 2.30. The molecule has 0 aromatic heterocycles. The average molecular weight is 204 g/mol. The van der Waals surface area contributed by atoms with Crippen LogP contribution in [0.3, 0.4) is 0 Å². The number of nitrogens with zero attached hydrogens (tertiary/aromatic N) is 2. The molecule has 0 radical (unpaired) electrons. The third-order valence-corrected chi connectivity index (χ3v) is 2.19. The summed E-state index contributed by atoms with van der Waals surface area (Å²) in [6.45, 7) is 0. The van der Waals surface area contributed by atoms with Gasteiger partial charge in [0.1, 0.15) is 11.7 Å². The van der Waals surface area contributed by atoms with Crippen molar-refractivity contribution in [1.82, 2.24) is 0 Å². The number of azo groups is 1. The van der Waals surface area contributed by atoms with Gasteiger partial charge >= 0.3 is 0 Å². The van der Waals surface area contributed by atoms with Gasteiger partial charge in [-0.15, -0.1) is 10.2 Å². The van der Waals surface area contributed by atoms with E-state index in [1.165, 1.54) is 0 Å². The van der Waals surface area contributed by atoms with E-state index in [1.54, 1.807) is 31.4 Å². The Morgan fingerprint density at radius 1 is 1.07 bits per heavy atom. The van der Waals surface area contributed by atoms with Crippen LogP contribution in [0.25, 0.3) is 0 Å². The summed E-state index contributed by atoms with van der Waals surface area (Å²) in [7, 11) is 1.55. The zero-order valence-corrected chi connectivity index (χ0v) is 8.01. The minimum absolute atomic E-state index is 0.509. The second-order valence-electron chi connectivity index (χ2n) is 3.08. The second-order valence-corrected chi connectivity index (χ2v) is 3.08. The van der Waals surface area contributed by atoms with Crippen molar-refractivity contribution in [3.05, 3.63) is 29.8 Å². The Morgan fingerprint density at radius 3 is 2.07 bits per heavy atom. The number of rotatable bonds is 2. The Kier molecular flexibility index (Phi) is 2.29. The first-order valence-electron chi connectivity index (χ1n) is 4.36. The summed E-state index contributed by atoms with van der Waals surface area (Å²) in [6, 6.07) is 6.70. The summed E-state index contributed by atoms with van der Waals surface area (Å²) in [5.74, 6) is -1.21. The van der Waals surface area contributed by atoms with Gasteiger partial charge in [0.25, 0.3) is 11.8 Å². The van der Waals surface area contributed by atoms with E-state index < -0.39 is 17.7 Å². The molecule has 0 saturated heterocycles. The highest BCUT2D eigenvalue weighted by atomic mass is 16.5. The van der Waals surface area contributed by atoms with Crippen LogP contribution in [0.4, 0.5) is 0 Å². The molecule has 76 valence electrons. The first-order chi connectivity index (χ1) is 7.22. The fourth-order valence-electron chi connectivity index (χ4n) is 1.40. The van der Waals surface area contributed by atoms with E-state index >= 15 is 0 Å². The van der Waals surface area contributed by atoms with Crippen LogP contribution in [0.1, 0.15) is 11.5 Å². The van der Waals surface area contributed by atoms with Crippen molar-refractivity contribution in [2.75, 3.05) is 7.11 Å². The summed E-state index contributed by atoms with van der Waals surface area (Å²) in [4.78, 5) is 22.5. The number of benzene rings is 1. The van der Waals surface area contributed by atoms with E-state index in [0.29, 0.717) is 11.3 Å². The first-order valence-corrected chi connectivity index (χ1v) is 4.36. The van der Waals surface area contributed by atoms with E-state index in [2.05, 4.69) is 10.2 Å². The maximum absolute atomic E-state index is 11.2. The Bertz CT molecular complexity index is 418. The Labute approximate surface area is 85.8 Å². The highest BCUT2D eigenvalue weighted by Crippen LogP contribution is 2.25. The molecular formula is C10H8N2O3.